The van der Waals surface area contributed by atoms with E-state index >= 15 is 0 Å². The van der Waals surface area contributed by atoms with Gasteiger partial charge in [-0.15, -0.1) is 0 Å². The molecule has 1 aromatic rings. The number of hydrogen-bond donors (Lipinski definition) is 1. The first-order chi connectivity index (χ1) is 6.50. The number of nitrogens with two attached hydrogens (primary N) is 1. The van der Waals surface area contributed by atoms with Gasteiger partial charge in [0, 0.05) is 5.54 Å². The molecule has 0 atom stereocenters. The molecule has 0 radical (unpaired) electrons. The van der Waals surface area contributed by atoms with Crippen molar-refractivity contribution >= 4 is 0 Å². The topological polar surface area (TPSA) is 26.0 Å². The molecule has 1 aliphatic rings. The van der Waals surface area contributed by atoms with Crippen molar-refractivity contribution in [3.63, 3.8) is 0 Å². The summed E-state index contributed by atoms with van der Waals surface area (Å²) in [5.74, 6) is 0. The van der Waals surface area contributed by atoms with Crippen molar-refractivity contribution < 1.29 is 0 Å². The Morgan fingerprint density at radius 3 is 2.07 bits per heavy atom. The highest BCUT2D eigenvalue weighted by atomic mass is 14.8. The van der Waals surface area contributed by atoms with Crippen LogP contribution in [-0.2, 0) is 6.42 Å². The number of hydrogen-bond acceptors (Lipinski definition) is 1. The van der Waals surface area contributed by atoms with Gasteiger partial charge in [0.25, 0.3) is 0 Å². The van der Waals surface area contributed by atoms with Crippen LogP contribution >= 0.6 is 0 Å². The molecular formula is C13H19N. The quantitative estimate of drug-likeness (QED) is 0.760. The molecule has 76 valence electrons. The summed E-state index contributed by atoms with van der Waals surface area (Å²) in [5, 5.41) is 0. The third-order valence-corrected chi connectivity index (χ3v) is 3.44. The summed E-state index contributed by atoms with van der Waals surface area (Å²) in [6, 6.07) is 4.57. The van der Waals surface area contributed by atoms with Crippen LogP contribution in [0.4, 0.5) is 0 Å². The van der Waals surface area contributed by atoms with Gasteiger partial charge in [-0.2, -0.15) is 0 Å². The molecule has 1 saturated carbocycles. The lowest BCUT2D eigenvalue weighted by Crippen LogP contribution is -2.24. The fourth-order valence-electron chi connectivity index (χ4n) is 1.97. The molecule has 0 unspecified atom stereocenters. The minimum atomic E-state index is 0.133. The standard InChI is InChI=1S/C13H19N/c1-9-6-12(7-10(2)11(9)3)8-13(14)4-5-13/h6-7H,4-5,8,14H2,1-3H3. The maximum atomic E-state index is 6.12. The van der Waals surface area contributed by atoms with E-state index in [-0.39, 0.29) is 5.54 Å². The zero-order valence-corrected chi connectivity index (χ0v) is 9.35. The molecule has 14 heavy (non-hydrogen) atoms. The van der Waals surface area contributed by atoms with Crippen molar-refractivity contribution in [3.05, 3.63) is 34.4 Å². The van der Waals surface area contributed by atoms with E-state index in [1.807, 2.05) is 0 Å². The lowest BCUT2D eigenvalue weighted by atomic mass is 9.96. The van der Waals surface area contributed by atoms with Crippen molar-refractivity contribution in [1.29, 1.82) is 0 Å². The average Bonchev–Trinajstić information content (AvgIpc) is 2.79. The van der Waals surface area contributed by atoms with Gasteiger partial charge in [-0.3, -0.25) is 0 Å². The first-order valence-corrected chi connectivity index (χ1v) is 5.36. The zero-order chi connectivity index (χ0) is 10.3. The van der Waals surface area contributed by atoms with Crippen molar-refractivity contribution in [2.24, 2.45) is 5.73 Å². The van der Waals surface area contributed by atoms with E-state index in [0.29, 0.717) is 0 Å². The van der Waals surface area contributed by atoms with Crippen molar-refractivity contribution in [2.45, 2.75) is 45.6 Å². The summed E-state index contributed by atoms with van der Waals surface area (Å²) in [4.78, 5) is 0. The fraction of sp³-hybridized carbons (Fsp3) is 0.538. The first-order valence-electron chi connectivity index (χ1n) is 5.36. The Bertz CT molecular complexity index is 338. The van der Waals surface area contributed by atoms with E-state index in [2.05, 4.69) is 32.9 Å². The van der Waals surface area contributed by atoms with Crippen LogP contribution in [0.3, 0.4) is 0 Å². The lowest BCUT2D eigenvalue weighted by molar-refractivity contribution is 0.671. The molecule has 1 nitrogen and oxygen atoms in total. The van der Waals surface area contributed by atoms with Crippen molar-refractivity contribution in [1.82, 2.24) is 0 Å². The molecule has 1 heteroatoms. The van der Waals surface area contributed by atoms with E-state index in [4.69, 9.17) is 5.73 Å². The molecule has 1 aliphatic carbocycles. The van der Waals surface area contributed by atoms with E-state index in [9.17, 15) is 0 Å². The Morgan fingerprint density at radius 1 is 1.14 bits per heavy atom. The molecule has 1 aromatic carbocycles. The second-order valence-electron chi connectivity index (χ2n) is 4.89. The van der Waals surface area contributed by atoms with E-state index < -0.39 is 0 Å². The average molecular weight is 189 g/mol. The number of rotatable bonds is 2. The van der Waals surface area contributed by atoms with Gasteiger partial charge in [-0.05, 0) is 62.3 Å². The van der Waals surface area contributed by atoms with Gasteiger partial charge in [-0.25, -0.2) is 0 Å². The van der Waals surface area contributed by atoms with E-state index in [1.165, 1.54) is 35.1 Å². The Labute approximate surface area is 86.3 Å². The van der Waals surface area contributed by atoms with Crippen LogP contribution in [0.25, 0.3) is 0 Å². The van der Waals surface area contributed by atoms with Gasteiger partial charge in [-0.1, -0.05) is 12.1 Å². The van der Waals surface area contributed by atoms with Crippen LogP contribution in [0.2, 0.25) is 0 Å². The van der Waals surface area contributed by atoms with Crippen LogP contribution in [0.15, 0.2) is 12.1 Å². The SMILES string of the molecule is Cc1cc(CC2(N)CC2)cc(C)c1C. The van der Waals surface area contributed by atoms with E-state index in [1.54, 1.807) is 0 Å². The molecule has 0 aromatic heterocycles. The summed E-state index contributed by atoms with van der Waals surface area (Å²) in [7, 11) is 0. The predicted molar refractivity (Wildman–Crippen MR) is 60.5 cm³/mol. The smallest absolute Gasteiger partial charge is 0.0196 e. The Hall–Kier alpha value is -0.820. The van der Waals surface area contributed by atoms with Crippen LogP contribution in [-0.4, -0.2) is 5.54 Å². The Morgan fingerprint density at radius 2 is 1.64 bits per heavy atom. The van der Waals surface area contributed by atoms with Crippen molar-refractivity contribution in [3.8, 4) is 0 Å². The Kier molecular flexibility index (Phi) is 2.15. The van der Waals surface area contributed by atoms with Gasteiger partial charge >= 0.3 is 0 Å². The largest absolute Gasteiger partial charge is 0.325 e. The second kappa shape index (κ2) is 3.09. The lowest BCUT2D eigenvalue weighted by Gasteiger charge is -2.12. The molecule has 0 saturated heterocycles. The van der Waals surface area contributed by atoms with Gasteiger partial charge < -0.3 is 5.73 Å². The Balaban J connectivity index is 2.26. The maximum Gasteiger partial charge on any atom is 0.0196 e. The molecule has 0 heterocycles. The third kappa shape index (κ3) is 1.83. The molecule has 2 N–H and O–H groups in total. The van der Waals surface area contributed by atoms with E-state index in [0.717, 1.165) is 6.42 Å². The maximum absolute atomic E-state index is 6.12. The normalized spacial score (nSPS) is 18.3. The highest BCUT2D eigenvalue weighted by molar-refractivity contribution is 5.38. The number of aryl methyl sites for hydroxylation is 2. The molecule has 0 bridgehead atoms. The molecule has 2 rings (SSSR count). The summed E-state index contributed by atoms with van der Waals surface area (Å²) in [6.45, 7) is 6.55. The van der Waals surface area contributed by atoms with Crippen LogP contribution in [0.5, 0.6) is 0 Å². The molecule has 0 aliphatic heterocycles. The minimum absolute atomic E-state index is 0.133. The van der Waals surface area contributed by atoms with Gasteiger partial charge in [0.2, 0.25) is 0 Å². The predicted octanol–water partition coefficient (Wildman–Crippen LogP) is 2.65. The molecule has 0 spiro atoms. The summed E-state index contributed by atoms with van der Waals surface area (Å²) in [5.41, 5.74) is 11.9. The molecular weight excluding hydrogens is 170 g/mol. The van der Waals surface area contributed by atoms with Crippen molar-refractivity contribution in [2.75, 3.05) is 0 Å². The van der Waals surface area contributed by atoms with Gasteiger partial charge in [0.15, 0.2) is 0 Å². The molecule has 0 amide bonds. The second-order valence-corrected chi connectivity index (χ2v) is 4.89. The van der Waals surface area contributed by atoms with Crippen LogP contribution in [0.1, 0.15) is 35.1 Å². The third-order valence-electron chi connectivity index (χ3n) is 3.44. The summed E-state index contributed by atoms with van der Waals surface area (Å²) in [6.07, 6.45) is 3.44. The zero-order valence-electron chi connectivity index (χ0n) is 9.35. The minimum Gasteiger partial charge on any atom is -0.325 e. The van der Waals surface area contributed by atoms with Crippen LogP contribution < -0.4 is 5.73 Å². The first kappa shape index (κ1) is 9.72. The summed E-state index contributed by atoms with van der Waals surface area (Å²) < 4.78 is 0. The number of benzene rings is 1. The molecule has 1 fully saturated rings. The monoisotopic (exact) mass is 189 g/mol. The van der Waals surface area contributed by atoms with Gasteiger partial charge in [0.1, 0.15) is 0 Å². The van der Waals surface area contributed by atoms with Crippen LogP contribution in [0, 0.1) is 20.8 Å². The summed E-state index contributed by atoms with van der Waals surface area (Å²) >= 11 is 0. The highest BCUT2D eigenvalue weighted by Gasteiger charge is 2.37. The fourth-order valence-corrected chi connectivity index (χ4v) is 1.97. The highest BCUT2D eigenvalue weighted by Crippen LogP contribution is 2.36. The van der Waals surface area contributed by atoms with Gasteiger partial charge in [0.05, 0.1) is 0 Å².